The lowest BCUT2D eigenvalue weighted by molar-refractivity contribution is 0.159. The van der Waals surface area contributed by atoms with Gasteiger partial charge in [-0.3, -0.25) is 0 Å². The molecule has 0 saturated carbocycles. The Bertz CT molecular complexity index is 712. The number of nitrogens with one attached hydrogen (secondary N) is 1. The van der Waals surface area contributed by atoms with E-state index in [-0.39, 0.29) is 5.60 Å². The lowest BCUT2D eigenvalue weighted by Crippen LogP contribution is -2.27. The summed E-state index contributed by atoms with van der Waals surface area (Å²) in [4.78, 5) is 3.36. The summed E-state index contributed by atoms with van der Waals surface area (Å²) < 4.78 is 6.02. The van der Waals surface area contributed by atoms with E-state index in [2.05, 4.69) is 69.2 Å². The first kappa shape index (κ1) is 13.0. The van der Waals surface area contributed by atoms with Crippen LogP contribution in [0.1, 0.15) is 38.8 Å². The van der Waals surface area contributed by atoms with E-state index < -0.39 is 0 Å². The normalized spacial score (nSPS) is 15.8. The maximum absolute atomic E-state index is 6.02. The Kier molecular flexibility index (Phi) is 2.97. The molecule has 0 amide bonds. The van der Waals surface area contributed by atoms with Crippen molar-refractivity contribution in [2.45, 2.75) is 39.7 Å². The maximum atomic E-state index is 6.02. The van der Waals surface area contributed by atoms with Crippen LogP contribution in [0.4, 0.5) is 0 Å². The molecule has 1 aliphatic heterocycles. The summed E-state index contributed by atoms with van der Waals surface area (Å²) in [5.74, 6) is 0.959. The van der Waals surface area contributed by atoms with Gasteiger partial charge in [0.2, 0.25) is 0 Å². The van der Waals surface area contributed by atoms with Crippen molar-refractivity contribution in [3.05, 3.63) is 47.2 Å². The monoisotopic (exact) mass is 267 g/mol. The van der Waals surface area contributed by atoms with Crippen LogP contribution in [0.5, 0.6) is 5.75 Å². The fourth-order valence-electron chi connectivity index (χ4n) is 2.53. The highest BCUT2D eigenvalue weighted by atomic mass is 16.5. The topological polar surface area (TPSA) is 25.0 Å². The molecule has 3 rings (SSSR count). The minimum atomic E-state index is -0.224. The smallest absolute Gasteiger partial charge is 0.129 e. The molecule has 0 unspecified atom stereocenters. The minimum absolute atomic E-state index is 0.224. The molecule has 1 N–H and O–H groups in total. The second kappa shape index (κ2) is 4.55. The van der Waals surface area contributed by atoms with Gasteiger partial charge in [0, 0.05) is 28.7 Å². The Hall–Kier alpha value is -1.96. The summed E-state index contributed by atoms with van der Waals surface area (Å²) in [7, 11) is 0. The summed E-state index contributed by atoms with van der Waals surface area (Å²) in [5.41, 5.74) is 4.77. The van der Waals surface area contributed by atoms with Crippen LogP contribution in [0.15, 0.2) is 36.1 Å². The van der Waals surface area contributed by atoms with Gasteiger partial charge in [0.15, 0.2) is 0 Å². The maximum Gasteiger partial charge on any atom is 0.129 e. The number of aromatic nitrogens is 1. The van der Waals surface area contributed by atoms with Crippen LogP contribution in [0, 0.1) is 0 Å². The van der Waals surface area contributed by atoms with Crippen LogP contribution in [0.3, 0.4) is 0 Å². The zero-order valence-corrected chi connectivity index (χ0v) is 12.6. The van der Waals surface area contributed by atoms with E-state index in [4.69, 9.17) is 4.74 Å². The molecule has 2 heterocycles. The minimum Gasteiger partial charge on any atom is -0.483 e. The van der Waals surface area contributed by atoms with Crippen molar-refractivity contribution in [2.75, 3.05) is 0 Å². The molecule has 2 aromatic rings. The molecule has 0 aliphatic carbocycles. The SMILES string of the molecule is CC(C)=CCc1c[nH]c2cc3c(cc12)C=CC(C)(C)O3. The molecule has 0 fully saturated rings. The van der Waals surface area contributed by atoms with Gasteiger partial charge in [0.05, 0.1) is 0 Å². The standard InChI is InChI=1S/C18H21NO/c1-12(2)5-6-14-11-19-16-10-17-13(9-15(14)16)7-8-18(3,4)20-17/h5,7-11,19H,6H2,1-4H3. The molecule has 0 atom stereocenters. The van der Waals surface area contributed by atoms with Crippen LogP contribution in [-0.4, -0.2) is 10.6 Å². The van der Waals surface area contributed by atoms with E-state index >= 15 is 0 Å². The first-order valence-electron chi connectivity index (χ1n) is 7.10. The van der Waals surface area contributed by atoms with E-state index in [1.54, 1.807) is 0 Å². The molecule has 1 aromatic heterocycles. The average molecular weight is 267 g/mol. The predicted molar refractivity (Wildman–Crippen MR) is 85.2 cm³/mol. The van der Waals surface area contributed by atoms with E-state index in [1.807, 2.05) is 0 Å². The quantitative estimate of drug-likeness (QED) is 0.772. The van der Waals surface area contributed by atoms with Gasteiger partial charge < -0.3 is 9.72 Å². The van der Waals surface area contributed by atoms with Crippen molar-refractivity contribution in [3.63, 3.8) is 0 Å². The molecule has 0 bridgehead atoms. The van der Waals surface area contributed by atoms with Gasteiger partial charge in [-0.1, -0.05) is 17.7 Å². The number of fused-ring (bicyclic) bond motifs is 2. The zero-order valence-electron chi connectivity index (χ0n) is 12.6. The third kappa shape index (κ3) is 2.38. The zero-order chi connectivity index (χ0) is 14.3. The third-order valence-corrected chi connectivity index (χ3v) is 3.67. The van der Waals surface area contributed by atoms with Crippen LogP contribution >= 0.6 is 0 Å². The molecular formula is C18H21NO. The first-order valence-corrected chi connectivity index (χ1v) is 7.10. The van der Waals surface area contributed by atoms with E-state index in [0.29, 0.717) is 0 Å². The molecule has 20 heavy (non-hydrogen) atoms. The number of hydrogen-bond donors (Lipinski definition) is 1. The van der Waals surface area contributed by atoms with Crippen molar-refractivity contribution in [2.24, 2.45) is 0 Å². The second-order valence-corrected chi connectivity index (χ2v) is 6.27. The molecule has 2 heteroatoms. The number of allylic oxidation sites excluding steroid dienone is 2. The van der Waals surface area contributed by atoms with E-state index in [0.717, 1.165) is 23.3 Å². The number of H-pyrrole nitrogens is 1. The molecule has 1 aromatic carbocycles. The molecule has 2 nitrogen and oxygen atoms in total. The van der Waals surface area contributed by atoms with Gasteiger partial charge in [-0.2, -0.15) is 0 Å². The van der Waals surface area contributed by atoms with E-state index in [9.17, 15) is 0 Å². The number of rotatable bonds is 2. The Labute approximate surface area is 120 Å². The van der Waals surface area contributed by atoms with Crippen molar-refractivity contribution in [1.29, 1.82) is 0 Å². The highest BCUT2D eigenvalue weighted by Gasteiger charge is 2.22. The number of ether oxygens (including phenoxy) is 1. The molecule has 1 aliphatic rings. The van der Waals surface area contributed by atoms with Crippen molar-refractivity contribution >= 4 is 17.0 Å². The van der Waals surface area contributed by atoms with Gasteiger partial charge in [-0.05, 0) is 51.8 Å². The lowest BCUT2D eigenvalue weighted by Gasteiger charge is -2.27. The fourth-order valence-corrected chi connectivity index (χ4v) is 2.53. The number of benzene rings is 1. The van der Waals surface area contributed by atoms with Gasteiger partial charge in [-0.25, -0.2) is 0 Å². The average Bonchev–Trinajstić information content (AvgIpc) is 2.75. The van der Waals surface area contributed by atoms with Crippen molar-refractivity contribution in [3.8, 4) is 5.75 Å². The molecule has 0 radical (unpaired) electrons. The molecule has 104 valence electrons. The largest absolute Gasteiger partial charge is 0.483 e. The molecule has 0 saturated heterocycles. The summed E-state index contributed by atoms with van der Waals surface area (Å²) in [6.07, 6.45) is 9.61. The van der Waals surface area contributed by atoms with Gasteiger partial charge in [0.25, 0.3) is 0 Å². The summed E-state index contributed by atoms with van der Waals surface area (Å²) >= 11 is 0. The van der Waals surface area contributed by atoms with Crippen molar-refractivity contribution < 1.29 is 4.74 Å². The molecule has 0 spiro atoms. The predicted octanol–water partition coefficient (Wildman–Crippen LogP) is 4.86. The van der Waals surface area contributed by atoms with Gasteiger partial charge in [0.1, 0.15) is 11.4 Å². The summed E-state index contributed by atoms with van der Waals surface area (Å²) in [5, 5.41) is 1.29. The van der Waals surface area contributed by atoms with Crippen LogP contribution < -0.4 is 4.74 Å². The lowest BCUT2D eigenvalue weighted by atomic mass is 10.00. The van der Waals surface area contributed by atoms with Gasteiger partial charge in [-0.15, -0.1) is 0 Å². The van der Waals surface area contributed by atoms with E-state index in [1.165, 1.54) is 16.5 Å². The highest BCUT2D eigenvalue weighted by molar-refractivity contribution is 5.88. The molecular weight excluding hydrogens is 246 g/mol. The number of hydrogen-bond acceptors (Lipinski definition) is 1. The summed E-state index contributed by atoms with van der Waals surface area (Å²) in [6.45, 7) is 8.42. The Balaban J connectivity index is 2.06. The second-order valence-electron chi connectivity index (χ2n) is 6.27. The Morgan fingerprint density at radius 1 is 1.30 bits per heavy atom. The first-order chi connectivity index (χ1) is 9.44. The number of aromatic amines is 1. The van der Waals surface area contributed by atoms with Crippen molar-refractivity contribution in [1.82, 2.24) is 4.98 Å². The Morgan fingerprint density at radius 3 is 2.85 bits per heavy atom. The third-order valence-electron chi connectivity index (χ3n) is 3.67. The van der Waals surface area contributed by atoms with Crippen LogP contribution in [-0.2, 0) is 6.42 Å². The van der Waals surface area contributed by atoms with Gasteiger partial charge >= 0.3 is 0 Å². The fraction of sp³-hybridized carbons (Fsp3) is 0.333. The Morgan fingerprint density at radius 2 is 2.10 bits per heavy atom. The summed E-state index contributed by atoms with van der Waals surface area (Å²) in [6, 6.07) is 4.34. The van der Waals surface area contributed by atoms with Crippen LogP contribution in [0.25, 0.3) is 17.0 Å². The van der Waals surface area contributed by atoms with Crippen LogP contribution in [0.2, 0.25) is 0 Å². The highest BCUT2D eigenvalue weighted by Crippen LogP contribution is 2.35.